The zero-order chi connectivity index (χ0) is 18.9. The van der Waals surface area contributed by atoms with Crippen LogP contribution in [0, 0.1) is 5.82 Å². The fourth-order valence-corrected chi connectivity index (χ4v) is 2.07. The maximum Gasteiger partial charge on any atom is 0.265 e. The van der Waals surface area contributed by atoms with Crippen LogP contribution in [0.2, 0.25) is 0 Å². The summed E-state index contributed by atoms with van der Waals surface area (Å²) in [4.78, 5) is 23.5. The van der Waals surface area contributed by atoms with Gasteiger partial charge >= 0.3 is 0 Å². The number of nitrogens with one attached hydrogen (secondary N) is 2. The Hall–Kier alpha value is -3.09. The zero-order valence-electron chi connectivity index (χ0n) is 14.6. The number of halogens is 1. The summed E-state index contributed by atoms with van der Waals surface area (Å²) in [6, 6.07) is 12.2. The molecule has 138 valence electrons. The van der Waals surface area contributed by atoms with Crippen LogP contribution in [0.1, 0.15) is 13.8 Å². The summed E-state index contributed by atoms with van der Waals surface area (Å²) in [6.45, 7) is 3.87. The van der Waals surface area contributed by atoms with Gasteiger partial charge in [-0.15, -0.1) is 0 Å². The molecule has 2 rings (SSSR count). The molecule has 7 heteroatoms. The van der Waals surface area contributed by atoms with Crippen LogP contribution < -0.4 is 20.1 Å². The van der Waals surface area contributed by atoms with Crippen molar-refractivity contribution in [3.8, 4) is 11.5 Å². The van der Waals surface area contributed by atoms with Gasteiger partial charge < -0.3 is 20.1 Å². The van der Waals surface area contributed by atoms with Crippen molar-refractivity contribution >= 4 is 17.5 Å². The normalized spacial score (nSPS) is 11.3. The number of benzene rings is 2. The summed E-state index contributed by atoms with van der Waals surface area (Å²) >= 11 is 0. The van der Waals surface area contributed by atoms with E-state index >= 15 is 0 Å². The van der Waals surface area contributed by atoms with Crippen molar-refractivity contribution in [2.45, 2.75) is 20.0 Å². The summed E-state index contributed by atoms with van der Waals surface area (Å²) in [6.07, 6.45) is -0.800. The van der Waals surface area contributed by atoms with Gasteiger partial charge in [0.2, 0.25) is 0 Å². The maximum atomic E-state index is 13.1. The molecule has 0 saturated heterocycles. The summed E-state index contributed by atoms with van der Waals surface area (Å²) in [5.41, 5.74) is 0.551. The summed E-state index contributed by atoms with van der Waals surface area (Å²) in [5, 5.41) is 5.33. The highest BCUT2D eigenvalue weighted by Gasteiger charge is 2.15. The zero-order valence-corrected chi connectivity index (χ0v) is 14.6. The van der Waals surface area contributed by atoms with E-state index in [9.17, 15) is 14.0 Å². The minimum atomic E-state index is -0.800. The summed E-state index contributed by atoms with van der Waals surface area (Å²) in [5.74, 6) is -0.211. The van der Waals surface area contributed by atoms with Crippen molar-refractivity contribution < 1.29 is 23.5 Å². The Morgan fingerprint density at radius 2 is 1.85 bits per heavy atom. The Morgan fingerprint density at radius 1 is 1.12 bits per heavy atom. The molecular weight excluding hydrogens is 339 g/mol. The highest BCUT2D eigenvalue weighted by Crippen LogP contribution is 2.17. The van der Waals surface area contributed by atoms with Gasteiger partial charge in [-0.05, 0) is 50.2 Å². The largest absolute Gasteiger partial charge is 0.484 e. The van der Waals surface area contributed by atoms with Gasteiger partial charge in [-0.1, -0.05) is 6.07 Å². The second kappa shape index (κ2) is 9.41. The van der Waals surface area contributed by atoms with Gasteiger partial charge in [-0.3, -0.25) is 9.59 Å². The number of ether oxygens (including phenoxy) is 2. The van der Waals surface area contributed by atoms with E-state index < -0.39 is 11.9 Å². The van der Waals surface area contributed by atoms with Gasteiger partial charge in [-0.2, -0.15) is 0 Å². The van der Waals surface area contributed by atoms with E-state index in [0.717, 1.165) is 0 Å². The Kier molecular flexibility index (Phi) is 6.96. The van der Waals surface area contributed by atoms with Crippen LogP contribution in [0.3, 0.4) is 0 Å². The quantitative estimate of drug-likeness (QED) is 0.759. The SMILES string of the molecule is CCNC(=O)COc1ccc(NC(=O)C(C)Oc2cccc(F)c2)cc1. The monoisotopic (exact) mass is 360 g/mol. The summed E-state index contributed by atoms with van der Waals surface area (Å²) < 4.78 is 23.9. The van der Waals surface area contributed by atoms with Gasteiger partial charge in [0.15, 0.2) is 12.7 Å². The lowest BCUT2D eigenvalue weighted by atomic mass is 10.2. The predicted octanol–water partition coefficient (Wildman–Crippen LogP) is 2.75. The number of hydrogen-bond donors (Lipinski definition) is 2. The third-order valence-electron chi connectivity index (χ3n) is 3.34. The predicted molar refractivity (Wildman–Crippen MR) is 95.7 cm³/mol. The molecular formula is C19H21FN2O4. The average Bonchev–Trinajstić information content (AvgIpc) is 2.61. The Bertz CT molecular complexity index is 749. The Labute approximate surface area is 151 Å². The van der Waals surface area contributed by atoms with E-state index in [1.165, 1.54) is 18.2 Å². The van der Waals surface area contributed by atoms with Gasteiger partial charge in [-0.25, -0.2) is 4.39 Å². The molecule has 0 saturated carbocycles. The molecule has 0 aliphatic heterocycles. The van der Waals surface area contributed by atoms with Crippen LogP contribution in [-0.4, -0.2) is 31.1 Å². The highest BCUT2D eigenvalue weighted by molar-refractivity contribution is 5.94. The number of likely N-dealkylation sites (N-methyl/N-ethyl adjacent to an activating group) is 1. The first kappa shape index (κ1) is 19.2. The van der Waals surface area contributed by atoms with Crippen LogP contribution >= 0.6 is 0 Å². The molecule has 2 amide bonds. The molecule has 0 aromatic heterocycles. The number of rotatable bonds is 8. The van der Waals surface area contributed by atoms with E-state index in [1.54, 1.807) is 37.3 Å². The maximum absolute atomic E-state index is 13.1. The van der Waals surface area contributed by atoms with Crippen molar-refractivity contribution in [2.24, 2.45) is 0 Å². The molecule has 2 N–H and O–H groups in total. The van der Waals surface area contributed by atoms with E-state index in [0.29, 0.717) is 18.0 Å². The van der Waals surface area contributed by atoms with E-state index in [2.05, 4.69) is 10.6 Å². The van der Waals surface area contributed by atoms with Gasteiger partial charge in [0.05, 0.1) is 0 Å². The van der Waals surface area contributed by atoms with Crippen molar-refractivity contribution in [1.29, 1.82) is 0 Å². The summed E-state index contributed by atoms with van der Waals surface area (Å²) in [7, 11) is 0. The molecule has 0 bridgehead atoms. The standard InChI is InChI=1S/C19H21FN2O4/c1-3-21-18(23)12-25-16-9-7-15(8-10-16)22-19(24)13(2)26-17-6-4-5-14(20)11-17/h4-11,13H,3,12H2,1-2H3,(H,21,23)(H,22,24). The first-order valence-corrected chi connectivity index (χ1v) is 8.20. The lowest BCUT2D eigenvalue weighted by Gasteiger charge is -2.15. The third-order valence-corrected chi connectivity index (χ3v) is 3.34. The molecule has 2 aromatic rings. The van der Waals surface area contributed by atoms with Crippen LogP contribution in [-0.2, 0) is 9.59 Å². The fraction of sp³-hybridized carbons (Fsp3) is 0.263. The Morgan fingerprint density at radius 3 is 2.50 bits per heavy atom. The molecule has 2 aromatic carbocycles. The lowest BCUT2D eigenvalue weighted by molar-refractivity contribution is -0.123. The van der Waals surface area contributed by atoms with Crippen LogP contribution in [0.4, 0.5) is 10.1 Å². The molecule has 0 radical (unpaired) electrons. The number of hydrogen-bond acceptors (Lipinski definition) is 4. The lowest BCUT2D eigenvalue weighted by Crippen LogP contribution is -2.30. The molecule has 0 aliphatic carbocycles. The van der Waals surface area contributed by atoms with Crippen LogP contribution in [0.5, 0.6) is 11.5 Å². The number of anilines is 1. The van der Waals surface area contributed by atoms with Crippen molar-refractivity contribution in [3.05, 3.63) is 54.3 Å². The molecule has 0 aliphatic rings. The first-order valence-electron chi connectivity index (χ1n) is 8.20. The number of carbonyl (C=O) groups is 2. The first-order chi connectivity index (χ1) is 12.5. The third kappa shape index (κ3) is 6.08. The minimum Gasteiger partial charge on any atom is -0.484 e. The second-order valence-electron chi connectivity index (χ2n) is 5.47. The molecule has 1 unspecified atom stereocenters. The van der Waals surface area contributed by atoms with E-state index in [1.807, 2.05) is 6.92 Å². The molecule has 0 spiro atoms. The topological polar surface area (TPSA) is 76.7 Å². The van der Waals surface area contributed by atoms with Gasteiger partial charge in [0, 0.05) is 18.3 Å². The Balaban J connectivity index is 1.85. The smallest absolute Gasteiger partial charge is 0.265 e. The highest BCUT2D eigenvalue weighted by atomic mass is 19.1. The van der Waals surface area contributed by atoms with Crippen molar-refractivity contribution in [3.63, 3.8) is 0 Å². The van der Waals surface area contributed by atoms with E-state index in [-0.39, 0.29) is 24.2 Å². The average molecular weight is 360 g/mol. The molecule has 26 heavy (non-hydrogen) atoms. The number of carbonyl (C=O) groups excluding carboxylic acids is 2. The fourth-order valence-electron chi connectivity index (χ4n) is 2.07. The molecule has 6 nitrogen and oxygen atoms in total. The molecule has 0 fully saturated rings. The number of amides is 2. The van der Waals surface area contributed by atoms with Gasteiger partial charge in [0.25, 0.3) is 11.8 Å². The molecule has 0 heterocycles. The van der Waals surface area contributed by atoms with E-state index in [4.69, 9.17) is 9.47 Å². The van der Waals surface area contributed by atoms with Crippen molar-refractivity contribution in [2.75, 3.05) is 18.5 Å². The minimum absolute atomic E-state index is 0.0714. The molecule has 1 atom stereocenters. The van der Waals surface area contributed by atoms with Crippen molar-refractivity contribution in [1.82, 2.24) is 5.32 Å². The second-order valence-corrected chi connectivity index (χ2v) is 5.47. The van der Waals surface area contributed by atoms with Crippen LogP contribution in [0.25, 0.3) is 0 Å². The van der Waals surface area contributed by atoms with Gasteiger partial charge in [0.1, 0.15) is 17.3 Å². The van der Waals surface area contributed by atoms with Crippen LogP contribution in [0.15, 0.2) is 48.5 Å².